The predicted molar refractivity (Wildman–Crippen MR) is 61.0 cm³/mol. The van der Waals surface area contributed by atoms with E-state index < -0.39 is 5.82 Å². The molecule has 84 valence electrons. The number of thiophene rings is 1. The molecule has 0 fully saturated rings. The van der Waals surface area contributed by atoms with Crippen LogP contribution in [0.25, 0.3) is 0 Å². The molecular formula is C12H11FO2S. The molecular weight excluding hydrogens is 227 g/mol. The normalized spacial score (nSPS) is 10.4. The molecule has 0 radical (unpaired) electrons. The van der Waals surface area contributed by atoms with E-state index in [1.165, 1.54) is 12.1 Å². The van der Waals surface area contributed by atoms with Crippen LogP contribution in [0.1, 0.15) is 10.4 Å². The molecule has 0 saturated carbocycles. The molecule has 2 nitrogen and oxygen atoms in total. The fourth-order valence-electron chi connectivity index (χ4n) is 1.30. The van der Waals surface area contributed by atoms with Gasteiger partial charge in [-0.2, -0.15) is 0 Å². The quantitative estimate of drug-likeness (QED) is 0.887. The first-order valence-corrected chi connectivity index (χ1v) is 5.72. The molecule has 0 aliphatic rings. The first-order valence-electron chi connectivity index (χ1n) is 4.84. The van der Waals surface area contributed by atoms with Crippen LogP contribution in [0, 0.1) is 5.82 Å². The lowest BCUT2D eigenvalue weighted by Crippen LogP contribution is -1.96. The van der Waals surface area contributed by atoms with Crippen molar-refractivity contribution in [3.63, 3.8) is 0 Å². The smallest absolute Gasteiger partial charge is 0.165 e. The van der Waals surface area contributed by atoms with Gasteiger partial charge in [0.05, 0.1) is 6.61 Å². The Morgan fingerprint density at radius 3 is 2.81 bits per heavy atom. The number of rotatable bonds is 4. The molecule has 0 amide bonds. The van der Waals surface area contributed by atoms with Gasteiger partial charge in [-0.1, -0.05) is 12.1 Å². The molecule has 0 saturated heterocycles. The van der Waals surface area contributed by atoms with E-state index in [-0.39, 0.29) is 12.4 Å². The molecule has 16 heavy (non-hydrogen) atoms. The maximum Gasteiger partial charge on any atom is 0.165 e. The van der Waals surface area contributed by atoms with Crippen LogP contribution in [0.5, 0.6) is 5.75 Å². The summed E-state index contributed by atoms with van der Waals surface area (Å²) in [5.74, 6) is -0.228. The van der Waals surface area contributed by atoms with Crippen LogP contribution in [0.3, 0.4) is 0 Å². The molecule has 1 aromatic carbocycles. The number of hydrogen-bond donors (Lipinski definition) is 1. The third-order valence-electron chi connectivity index (χ3n) is 2.13. The number of ether oxygens (including phenoxy) is 1. The zero-order valence-corrected chi connectivity index (χ0v) is 9.34. The summed E-state index contributed by atoms with van der Waals surface area (Å²) >= 11 is 1.57. The predicted octanol–water partition coefficient (Wildman–Crippen LogP) is 2.96. The third kappa shape index (κ3) is 2.59. The summed E-state index contributed by atoms with van der Waals surface area (Å²) in [6.45, 7) is 0.204. The van der Waals surface area contributed by atoms with Crippen LogP contribution in [0.4, 0.5) is 4.39 Å². The summed E-state index contributed by atoms with van der Waals surface area (Å²) in [5, 5.41) is 10.8. The lowest BCUT2D eigenvalue weighted by atomic mass is 10.2. The molecule has 0 aliphatic carbocycles. The summed E-state index contributed by atoms with van der Waals surface area (Å²) in [4.78, 5) is 1.05. The van der Waals surface area contributed by atoms with Crippen molar-refractivity contribution < 1.29 is 14.2 Å². The molecule has 0 aliphatic heterocycles. The Balaban J connectivity index is 2.04. The standard InChI is InChI=1S/C12H11FO2S/c13-11-6-9(7-14)3-4-12(11)15-8-10-2-1-5-16-10/h1-6,14H,7-8H2. The lowest BCUT2D eigenvalue weighted by molar-refractivity contribution is 0.277. The highest BCUT2D eigenvalue weighted by atomic mass is 32.1. The number of aliphatic hydroxyl groups is 1. The van der Waals surface area contributed by atoms with E-state index in [2.05, 4.69) is 0 Å². The minimum atomic E-state index is -0.442. The van der Waals surface area contributed by atoms with E-state index in [4.69, 9.17) is 9.84 Å². The molecule has 1 N–H and O–H groups in total. The molecule has 0 spiro atoms. The van der Waals surface area contributed by atoms with Crippen molar-refractivity contribution in [3.05, 3.63) is 52.0 Å². The Morgan fingerprint density at radius 1 is 1.31 bits per heavy atom. The zero-order chi connectivity index (χ0) is 11.4. The van der Waals surface area contributed by atoms with Gasteiger partial charge in [0.15, 0.2) is 11.6 Å². The zero-order valence-electron chi connectivity index (χ0n) is 8.52. The van der Waals surface area contributed by atoms with Crippen molar-refractivity contribution in [2.45, 2.75) is 13.2 Å². The van der Waals surface area contributed by atoms with Crippen molar-refractivity contribution in [2.75, 3.05) is 0 Å². The van der Waals surface area contributed by atoms with Gasteiger partial charge in [-0.3, -0.25) is 0 Å². The minimum absolute atomic E-state index is 0.165. The van der Waals surface area contributed by atoms with Crippen molar-refractivity contribution >= 4 is 11.3 Å². The highest BCUT2D eigenvalue weighted by molar-refractivity contribution is 7.09. The molecule has 0 atom stereocenters. The van der Waals surface area contributed by atoms with E-state index in [1.54, 1.807) is 17.4 Å². The Kier molecular flexibility index (Phi) is 3.54. The summed E-state index contributed by atoms with van der Waals surface area (Å²) in [6, 6.07) is 8.32. The average molecular weight is 238 g/mol. The van der Waals surface area contributed by atoms with E-state index in [0.29, 0.717) is 12.2 Å². The van der Waals surface area contributed by atoms with Gasteiger partial charge in [-0.05, 0) is 29.1 Å². The molecule has 0 bridgehead atoms. The first-order chi connectivity index (χ1) is 7.79. The average Bonchev–Trinajstić information content (AvgIpc) is 2.80. The van der Waals surface area contributed by atoms with Crippen LogP contribution < -0.4 is 4.74 Å². The van der Waals surface area contributed by atoms with Gasteiger partial charge in [0, 0.05) is 4.88 Å². The first kappa shape index (κ1) is 11.1. The highest BCUT2D eigenvalue weighted by Gasteiger charge is 2.04. The molecule has 2 aromatic rings. The summed E-state index contributed by atoms with van der Waals surface area (Å²) in [5.41, 5.74) is 0.543. The number of benzene rings is 1. The van der Waals surface area contributed by atoms with Crippen LogP contribution >= 0.6 is 11.3 Å². The largest absolute Gasteiger partial charge is 0.485 e. The van der Waals surface area contributed by atoms with Crippen LogP contribution in [-0.2, 0) is 13.2 Å². The lowest BCUT2D eigenvalue weighted by Gasteiger charge is -2.06. The molecule has 1 heterocycles. The molecule has 0 unspecified atom stereocenters. The second kappa shape index (κ2) is 5.09. The van der Waals surface area contributed by atoms with Crippen molar-refractivity contribution in [1.82, 2.24) is 0 Å². The Labute approximate surface area is 96.9 Å². The van der Waals surface area contributed by atoms with Crippen molar-refractivity contribution in [3.8, 4) is 5.75 Å². The molecule has 4 heteroatoms. The third-order valence-corrected chi connectivity index (χ3v) is 2.98. The Morgan fingerprint density at radius 2 is 2.19 bits per heavy atom. The summed E-state index contributed by atoms with van der Waals surface area (Å²) < 4.78 is 18.8. The summed E-state index contributed by atoms with van der Waals surface area (Å²) in [7, 11) is 0. The molecule has 1 aromatic heterocycles. The van der Waals surface area contributed by atoms with E-state index in [1.807, 2.05) is 17.5 Å². The van der Waals surface area contributed by atoms with Crippen LogP contribution in [-0.4, -0.2) is 5.11 Å². The fraction of sp³-hybridized carbons (Fsp3) is 0.167. The van der Waals surface area contributed by atoms with Gasteiger partial charge >= 0.3 is 0 Å². The summed E-state index contributed by atoms with van der Waals surface area (Å²) in [6.07, 6.45) is 0. The van der Waals surface area contributed by atoms with E-state index >= 15 is 0 Å². The minimum Gasteiger partial charge on any atom is -0.485 e. The van der Waals surface area contributed by atoms with Gasteiger partial charge in [0.2, 0.25) is 0 Å². The number of hydrogen-bond acceptors (Lipinski definition) is 3. The fourth-order valence-corrected chi connectivity index (χ4v) is 1.92. The second-order valence-corrected chi connectivity index (χ2v) is 4.32. The maximum atomic E-state index is 13.4. The van der Waals surface area contributed by atoms with Gasteiger partial charge in [0.1, 0.15) is 6.61 Å². The second-order valence-electron chi connectivity index (χ2n) is 3.29. The van der Waals surface area contributed by atoms with Crippen LogP contribution in [0.2, 0.25) is 0 Å². The van der Waals surface area contributed by atoms with E-state index in [0.717, 1.165) is 4.88 Å². The van der Waals surface area contributed by atoms with Crippen molar-refractivity contribution in [1.29, 1.82) is 0 Å². The van der Waals surface area contributed by atoms with Gasteiger partial charge in [-0.15, -0.1) is 11.3 Å². The topological polar surface area (TPSA) is 29.5 Å². The highest BCUT2D eigenvalue weighted by Crippen LogP contribution is 2.20. The number of aliphatic hydroxyl groups excluding tert-OH is 1. The van der Waals surface area contributed by atoms with Gasteiger partial charge in [0.25, 0.3) is 0 Å². The van der Waals surface area contributed by atoms with E-state index in [9.17, 15) is 4.39 Å². The maximum absolute atomic E-state index is 13.4. The van der Waals surface area contributed by atoms with Crippen LogP contribution in [0.15, 0.2) is 35.7 Å². The Hall–Kier alpha value is -1.39. The van der Waals surface area contributed by atoms with Gasteiger partial charge < -0.3 is 9.84 Å². The van der Waals surface area contributed by atoms with Crippen molar-refractivity contribution in [2.24, 2.45) is 0 Å². The SMILES string of the molecule is OCc1ccc(OCc2cccs2)c(F)c1. The van der Waals surface area contributed by atoms with Gasteiger partial charge in [-0.25, -0.2) is 4.39 Å². The molecule has 2 rings (SSSR count). The monoisotopic (exact) mass is 238 g/mol. The number of halogens is 1. The Bertz CT molecular complexity index is 454.